The summed E-state index contributed by atoms with van der Waals surface area (Å²) in [5.74, 6) is -0.0165. The summed E-state index contributed by atoms with van der Waals surface area (Å²) in [6.07, 6.45) is 0. The molecule has 1 aromatic rings. The lowest BCUT2D eigenvalue weighted by Crippen LogP contribution is -2.39. The summed E-state index contributed by atoms with van der Waals surface area (Å²) in [6.45, 7) is 2.62. The Balaban J connectivity index is 2.41. The van der Waals surface area contributed by atoms with Crippen molar-refractivity contribution in [2.24, 2.45) is 4.99 Å². The summed E-state index contributed by atoms with van der Waals surface area (Å²) in [4.78, 5) is 15.7. The second-order valence-electron chi connectivity index (χ2n) is 3.97. The molecule has 0 aliphatic carbocycles. The van der Waals surface area contributed by atoms with Gasteiger partial charge in [-0.25, -0.2) is 4.39 Å². The molecule has 0 saturated heterocycles. The maximum Gasteiger partial charge on any atom is 0.251 e. The fourth-order valence-corrected chi connectivity index (χ4v) is 1.47. The average molecular weight is 266 g/mol. The molecule has 0 aliphatic rings. The van der Waals surface area contributed by atoms with Crippen LogP contribution in [0.15, 0.2) is 23.2 Å². The predicted octanol–water partition coefficient (Wildman–Crippen LogP) is 0.659. The monoisotopic (exact) mass is 266 g/mol. The summed E-state index contributed by atoms with van der Waals surface area (Å²) in [6, 6.07) is 4.43. The van der Waals surface area contributed by atoms with E-state index >= 15 is 0 Å². The molecule has 19 heavy (non-hydrogen) atoms. The minimum Gasteiger partial charge on any atom is -0.359 e. The Kier molecular flexibility index (Phi) is 5.78. The van der Waals surface area contributed by atoms with Gasteiger partial charge in [0.1, 0.15) is 5.82 Å². The Bertz CT molecular complexity index is 474. The Morgan fingerprint density at radius 2 is 2.00 bits per heavy atom. The van der Waals surface area contributed by atoms with Crippen molar-refractivity contribution in [1.82, 2.24) is 16.0 Å². The number of hydrogen-bond acceptors (Lipinski definition) is 2. The molecule has 0 aromatic heterocycles. The van der Waals surface area contributed by atoms with Gasteiger partial charge < -0.3 is 16.0 Å². The number of amides is 1. The lowest BCUT2D eigenvalue weighted by molar-refractivity contribution is 0.0954. The zero-order chi connectivity index (χ0) is 14.3. The number of nitrogens with zero attached hydrogens (tertiary/aromatic N) is 1. The van der Waals surface area contributed by atoms with E-state index in [4.69, 9.17) is 0 Å². The minimum absolute atomic E-state index is 0.292. The van der Waals surface area contributed by atoms with E-state index in [1.807, 2.05) is 0 Å². The Labute approximate surface area is 112 Å². The van der Waals surface area contributed by atoms with Crippen LogP contribution in [0.2, 0.25) is 0 Å². The van der Waals surface area contributed by atoms with Crippen molar-refractivity contribution in [3.63, 3.8) is 0 Å². The largest absolute Gasteiger partial charge is 0.359 e. The quantitative estimate of drug-likeness (QED) is 0.426. The molecule has 0 bridgehead atoms. The van der Waals surface area contributed by atoms with Gasteiger partial charge >= 0.3 is 0 Å². The van der Waals surface area contributed by atoms with Crippen LogP contribution < -0.4 is 16.0 Å². The van der Waals surface area contributed by atoms with Crippen molar-refractivity contribution in [1.29, 1.82) is 0 Å². The SMILES string of the molecule is CN=C(NC)NCCNC(=O)c1ccc(C)c(F)c1. The molecule has 1 rings (SSSR count). The molecule has 5 nitrogen and oxygen atoms in total. The van der Waals surface area contributed by atoms with Crippen LogP contribution in [-0.4, -0.2) is 39.1 Å². The van der Waals surface area contributed by atoms with Crippen LogP contribution >= 0.6 is 0 Å². The fraction of sp³-hybridized carbons (Fsp3) is 0.385. The van der Waals surface area contributed by atoms with E-state index in [0.717, 1.165) is 0 Å². The summed E-state index contributed by atoms with van der Waals surface area (Å²) >= 11 is 0. The number of benzene rings is 1. The van der Waals surface area contributed by atoms with Crippen LogP contribution in [0.25, 0.3) is 0 Å². The molecule has 0 unspecified atom stereocenters. The zero-order valence-electron chi connectivity index (χ0n) is 11.4. The van der Waals surface area contributed by atoms with Crippen LogP contribution in [0.4, 0.5) is 4.39 Å². The van der Waals surface area contributed by atoms with Gasteiger partial charge in [-0.2, -0.15) is 0 Å². The van der Waals surface area contributed by atoms with Crippen LogP contribution in [0, 0.1) is 12.7 Å². The highest BCUT2D eigenvalue weighted by Crippen LogP contribution is 2.08. The number of halogens is 1. The first-order valence-corrected chi connectivity index (χ1v) is 6.01. The van der Waals surface area contributed by atoms with E-state index in [0.29, 0.717) is 30.2 Å². The van der Waals surface area contributed by atoms with Gasteiger partial charge in [-0.05, 0) is 24.6 Å². The summed E-state index contributed by atoms with van der Waals surface area (Å²) in [5.41, 5.74) is 0.845. The number of nitrogens with one attached hydrogen (secondary N) is 3. The second-order valence-corrected chi connectivity index (χ2v) is 3.97. The highest BCUT2D eigenvalue weighted by molar-refractivity contribution is 5.94. The number of rotatable bonds is 4. The maximum absolute atomic E-state index is 13.3. The molecule has 3 N–H and O–H groups in total. The third kappa shape index (κ3) is 4.57. The molecular weight excluding hydrogens is 247 g/mol. The van der Waals surface area contributed by atoms with Crippen LogP contribution in [-0.2, 0) is 0 Å². The van der Waals surface area contributed by atoms with E-state index in [9.17, 15) is 9.18 Å². The molecule has 104 valence electrons. The summed E-state index contributed by atoms with van der Waals surface area (Å²) < 4.78 is 13.3. The molecule has 0 radical (unpaired) electrons. The van der Waals surface area contributed by atoms with E-state index in [2.05, 4.69) is 20.9 Å². The Morgan fingerprint density at radius 1 is 1.32 bits per heavy atom. The summed E-state index contributed by atoms with van der Waals surface area (Å²) in [5, 5.41) is 8.56. The van der Waals surface area contributed by atoms with Crippen molar-refractivity contribution < 1.29 is 9.18 Å². The molecule has 0 fully saturated rings. The Hall–Kier alpha value is -2.11. The predicted molar refractivity (Wildman–Crippen MR) is 73.9 cm³/mol. The topological polar surface area (TPSA) is 65.5 Å². The second kappa shape index (κ2) is 7.35. The van der Waals surface area contributed by atoms with Crippen molar-refractivity contribution >= 4 is 11.9 Å². The van der Waals surface area contributed by atoms with Gasteiger partial charge in [-0.1, -0.05) is 6.07 Å². The van der Waals surface area contributed by atoms with Gasteiger partial charge in [-0.3, -0.25) is 9.79 Å². The zero-order valence-corrected chi connectivity index (χ0v) is 11.4. The molecule has 0 atom stereocenters. The molecule has 1 amide bonds. The van der Waals surface area contributed by atoms with Crippen LogP contribution in [0.1, 0.15) is 15.9 Å². The minimum atomic E-state index is -0.374. The number of carbonyl (C=O) groups is 1. The molecular formula is C13H19FN4O. The van der Waals surface area contributed by atoms with Crippen molar-refractivity contribution in [2.45, 2.75) is 6.92 Å². The highest BCUT2D eigenvalue weighted by atomic mass is 19.1. The van der Waals surface area contributed by atoms with E-state index in [-0.39, 0.29) is 11.7 Å². The molecule has 0 aliphatic heterocycles. The third-order valence-electron chi connectivity index (χ3n) is 2.60. The molecule has 0 spiro atoms. The van der Waals surface area contributed by atoms with Crippen LogP contribution in [0.3, 0.4) is 0 Å². The van der Waals surface area contributed by atoms with Crippen LogP contribution in [0.5, 0.6) is 0 Å². The van der Waals surface area contributed by atoms with Crippen molar-refractivity contribution in [2.75, 3.05) is 27.2 Å². The van der Waals surface area contributed by atoms with Gasteiger partial charge in [0.25, 0.3) is 5.91 Å². The standard InChI is InChI=1S/C13H19FN4O/c1-9-4-5-10(8-11(9)14)12(19)17-6-7-18-13(15-2)16-3/h4-5,8H,6-7H2,1-3H3,(H,17,19)(H2,15,16,18). The lowest BCUT2D eigenvalue weighted by Gasteiger charge is -2.09. The first-order valence-electron chi connectivity index (χ1n) is 6.01. The molecule has 0 heterocycles. The number of aryl methyl sites for hydroxylation is 1. The molecule has 0 saturated carbocycles. The van der Waals surface area contributed by atoms with Crippen molar-refractivity contribution in [3.8, 4) is 0 Å². The Morgan fingerprint density at radius 3 is 2.58 bits per heavy atom. The van der Waals surface area contributed by atoms with E-state index < -0.39 is 0 Å². The number of aliphatic imine (C=N–C) groups is 1. The van der Waals surface area contributed by atoms with E-state index in [1.165, 1.54) is 6.07 Å². The fourth-order valence-electron chi connectivity index (χ4n) is 1.47. The first kappa shape index (κ1) is 14.9. The average Bonchev–Trinajstić information content (AvgIpc) is 2.42. The van der Waals surface area contributed by atoms with Crippen molar-refractivity contribution in [3.05, 3.63) is 35.1 Å². The van der Waals surface area contributed by atoms with Gasteiger partial charge in [-0.15, -0.1) is 0 Å². The number of carbonyl (C=O) groups excluding carboxylic acids is 1. The van der Waals surface area contributed by atoms with Gasteiger partial charge in [0.05, 0.1) is 0 Å². The van der Waals surface area contributed by atoms with E-state index in [1.54, 1.807) is 33.2 Å². The highest BCUT2D eigenvalue weighted by Gasteiger charge is 2.07. The smallest absolute Gasteiger partial charge is 0.251 e. The molecule has 1 aromatic carbocycles. The lowest BCUT2D eigenvalue weighted by atomic mass is 10.1. The molecule has 6 heteroatoms. The number of guanidine groups is 1. The number of hydrogen-bond donors (Lipinski definition) is 3. The first-order chi connectivity index (χ1) is 9.08. The normalized spacial score (nSPS) is 11.1. The van der Waals surface area contributed by atoms with Gasteiger partial charge in [0.2, 0.25) is 0 Å². The van der Waals surface area contributed by atoms with Gasteiger partial charge in [0.15, 0.2) is 5.96 Å². The maximum atomic E-state index is 13.3. The summed E-state index contributed by atoms with van der Waals surface area (Å²) in [7, 11) is 3.41. The third-order valence-corrected chi connectivity index (χ3v) is 2.60. The van der Waals surface area contributed by atoms with Gasteiger partial charge in [0, 0.05) is 32.7 Å².